The first-order valence-electron chi connectivity index (χ1n) is 20.0. The summed E-state index contributed by atoms with van der Waals surface area (Å²) in [4.78, 5) is 17.3. The maximum atomic E-state index is 5.33. The summed E-state index contributed by atoms with van der Waals surface area (Å²) >= 11 is 0. The van der Waals surface area contributed by atoms with Gasteiger partial charge in [-0.05, 0) is 99.1 Å². The average Bonchev–Trinajstić information content (AvgIpc) is 3.36. The first-order chi connectivity index (χ1) is 29.2. The molecule has 0 unspecified atom stereocenters. The predicted molar refractivity (Wildman–Crippen MR) is 249 cm³/mol. The van der Waals surface area contributed by atoms with Crippen LogP contribution in [0.1, 0.15) is 23.7 Å². The lowest BCUT2D eigenvalue weighted by Gasteiger charge is -2.27. The predicted octanol–water partition coefficient (Wildman–Crippen LogP) is 14.2. The van der Waals surface area contributed by atoms with Crippen molar-refractivity contribution in [3.63, 3.8) is 0 Å². The highest BCUT2D eigenvalue weighted by Gasteiger charge is 2.19. The number of pyridine rings is 1. The zero-order valence-corrected chi connectivity index (χ0v) is 32.9. The van der Waals surface area contributed by atoms with Crippen LogP contribution in [-0.2, 0) is 6.42 Å². The number of rotatable bonds is 8. The van der Waals surface area contributed by atoms with E-state index in [-0.39, 0.29) is 0 Å². The Kier molecular flexibility index (Phi) is 10.5. The van der Waals surface area contributed by atoms with Crippen molar-refractivity contribution in [2.45, 2.75) is 13.3 Å². The van der Waals surface area contributed by atoms with E-state index >= 15 is 0 Å². The second kappa shape index (κ2) is 16.8. The molecule has 282 valence electrons. The molecule has 0 atom stereocenters. The Bertz CT molecular complexity index is 2930. The van der Waals surface area contributed by atoms with Gasteiger partial charge in [0.1, 0.15) is 0 Å². The van der Waals surface area contributed by atoms with Crippen LogP contribution in [0, 0.1) is 0 Å². The van der Waals surface area contributed by atoms with Crippen LogP contribution in [0.15, 0.2) is 219 Å². The number of benzene rings is 6. The molecular formula is C55H42N4. The third-order valence-corrected chi connectivity index (χ3v) is 10.7. The van der Waals surface area contributed by atoms with E-state index < -0.39 is 0 Å². The molecule has 0 spiro atoms. The van der Waals surface area contributed by atoms with Crippen LogP contribution in [0.3, 0.4) is 0 Å². The van der Waals surface area contributed by atoms with Crippen LogP contribution in [0.4, 0.5) is 11.4 Å². The highest BCUT2D eigenvalue weighted by Crippen LogP contribution is 2.41. The molecule has 2 aromatic heterocycles. The van der Waals surface area contributed by atoms with Crippen LogP contribution in [0.2, 0.25) is 0 Å². The molecule has 59 heavy (non-hydrogen) atoms. The van der Waals surface area contributed by atoms with Crippen LogP contribution < -0.4 is 4.90 Å². The molecule has 9 rings (SSSR count). The summed E-state index contributed by atoms with van der Waals surface area (Å²) in [5.41, 5.74) is 12.2. The fraction of sp³-hybridized carbons (Fsp3) is 0.0364. The van der Waals surface area contributed by atoms with E-state index in [4.69, 9.17) is 9.97 Å². The van der Waals surface area contributed by atoms with E-state index in [2.05, 4.69) is 192 Å². The average molecular weight is 759 g/mol. The third-order valence-electron chi connectivity index (χ3n) is 10.7. The summed E-state index contributed by atoms with van der Waals surface area (Å²) in [7, 11) is 0. The van der Waals surface area contributed by atoms with Crippen molar-refractivity contribution in [1.29, 1.82) is 0 Å². The number of hydrogen-bond donors (Lipinski definition) is 0. The lowest BCUT2D eigenvalue weighted by Crippen LogP contribution is -2.15. The van der Waals surface area contributed by atoms with Gasteiger partial charge in [0, 0.05) is 34.9 Å². The zero-order valence-electron chi connectivity index (χ0n) is 32.9. The molecule has 1 aliphatic heterocycles. The minimum atomic E-state index is 0.658. The molecule has 6 aromatic carbocycles. The maximum Gasteiger partial charge on any atom is 0.160 e. The van der Waals surface area contributed by atoms with Crippen molar-refractivity contribution >= 4 is 44.6 Å². The summed E-state index contributed by atoms with van der Waals surface area (Å²) in [6.07, 6.45) is 23.4. The molecule has 0 amide bonds. The molecule has 0 aliphatic carbocycles. The number of nitrogens with zero attached hydrogens (tertiary/aromatic N) is 4. The van der Waals surface area contributed by atoms with Gasteiger partial charge in [-0.1, -0.05) is 170 Å². The standard InChI is InChI=1S/C55H42N4/c1-3-4-5-6-13-25-46-47-26-14-16-28-49(47)54(50-29-17-15-27-48(46)50)42-21-18-22-43(36-42)55-57-51(40-19-9-7-10-20-40)37-52(58-55)41-31-30-39(2)59(45-23-11-8-12-24-45)53-34-35-56-38-44(53)33-32-41/h3-32,34-38H,2,33H2,1H3/b4-3-,6-5-,25-13+,31-30-,41-32+. The topological polar surface area (TPSA) is 41.9 Å². The highest BCUT2D eigenvalue weighted by molar-refractivity contribution is 6.17. The summed E-state index contributed by atoms with van der Waals surface area (Å²) in [5, 5.41) is 4.80. The Morgan fingerprint density at radius 2 is 1.24 bits per heavy atom. The van der Waals surface area contributed by atoms with Crippen molar-refractivity contribution < 1.29 is 0 Å². The molecule has 4 nitrogen and oxygen atoms in total. The third kappa shape index (κ3) is 7.60. The molecule has 0 bridgehead atoms. The van der Waals surface area contributed by atoms with Crippen molar-refractivity contribution in [1.82, 2.24) is 15.0 Å². The van der Waals surface area contributed by atoms with Crippen LogP contribution in [-0.4, -0.2) is 15.0 Å². The zero-order chi connectivity index (χ0) is 40.0. The number of para-hydroxylation sites is 1. The molecule has 0 fully saturated rings. The van der Waals surface area contributed by atoms with E-state index in [1.807, 2.05) is 43.6 Å². The van der Waals surface area contributed by atoms with Gasteiger partial charge in [-0.25, -0.2) is 9.97 Å². The first kappa shape index (κ1) is 36.9. The largest absolute Gasteiger partial charge is 0.311 e. The second-order valence-electron chi connectivity index (χ2n) is 14.4. The molecule has 1 aliphatic rings. The van der Waals surface area contributed by atoms with Crippen molar-refractivity contribution in [3.05, 3.63) is 236 Å². The summed E-state index contributed by atoms with van der Waals surface area (Å²) in [6, 6.07) is 51.0. The Balaban J connectivity index is 1.19. The van der Waals surface area contributed by atoms with E-state index in [0.29, 0.717) is 12.2 Å². The van der Waals surface area contributed by atoms with Crippen molar-refractivity contribution in [2.24, 2.45) is 0 Å². The molecular weight excluding hydrogens is 717 g/mol. The van der Waals surface area contributed by atoms with E-state index in [1.165, 1.54) is 32.7 Å². The van der Waals surface area contributed by atoms with Gasteiger partial charge >= 0.3 is 0 Å². The molecule has 0 radical (unpaired) electrons. The lowest BCUT2D eigenvalue weighted by molar-refractivity contribution is 1.12. The minimum Gasteiger partial charge on any atom is -0.311 e. The Hall–Kier alpha value is -7.69. The number of allylic oxidation sites excluding steroid dienone is 9. The number of hydrogen-bond acceptors (Lipinski definition) is 4. The smallest absolute Gasteiger partial charge is 0.160 e. The van der Waals surface area contributed by atoms with Gasteiger partial charge in [-0.2, -0.15) is 0 Å². The van der Waals surface area contributed by atoms with Crippen molar-refractivity contribution in [2.75, 3.05) is 4.90 Å². The monoisotopic (exact) mass is 758 g/mol. The van der Waals surface area contributed by atoms with Gasteiger partial charge in [0.15, 0.2) is 5.82 Å². The maximum absolute atomic E-state index is 5.33. The van der Waals surface area contributed by atoms with E-state index in [9.17, 15) is 0 Å². The quantitative estimate of drug-likeness (QED) is 0.114. The normalized spacial score (nSPS) is 14.7. The fourth-order valence-corrected chi connectivity index (χ4v) is 7.91. The van der Waals surface area contributed by atoms with Crippen LogP contribution in [0.25, 0.3) is 67.0 Å². The molecule has 0 N–H and O–H groups in total. The second-order valence-corrected chi connectivity index (χ2v) is 14.4. The van der Waals surface area contributed by atoms with Gasteiger partial charge in [-0.3, -0.25) is 4.98 Å². The summed E-state index contributed by atoms with van der Waals surface area (Å²) in [5.74, 6) is 0.658. The van der Waals surface area contributed by atoms with Gasteiger partial charge < -0.3 is 4.90 Å². The molecule has 0 saturated carbocycles. The highest BCUT2D eigenvalue weighted by atomic mass is 15.1. The fourth-order valence-electron chi connectivity index (χ4n) is 7.91. The number of anilines is 2. The Labute approximate surface area is 345 Å². The number of aromatic nitrogens is 3. The minimum absolute atomic E-state index is 0.658. The van der Waals surface area contributed by atoms with Crippen molar-refractivity contribution in [3.8, 4) is 33.8 Å². The van der Waals surface area contributed by atoms with Gasteiger partial charge in [0.25, 0.3) is 0 Å². The Morgan fingerprint density at radius 1 is 0.593 bits per heavy atom. The van der Waals surface area contributed by atoms with Gasteiger partial charge in [-0.15, -0.1) is 0 Å². The van der Waals surface area contributed by atoms with Crippen LogP contribution in [0.5, 0.6) is 0 Å². The lowest BCUT2D eigenvalue weighted by atomic mass is 9.88. The van der Waals surface area contributed by atoms with Gasteiger partial charge in [0.2, 0.25) is 0 Å². The summed E-state index contributed by atoms with van der Waals surface area (Å²) < 4.78 is 0. The summed E-state index contributed by atoms with van der Waals surface area (Å²) in [6.45, 7) is 6.56. The van der Waals surface area contributed by atoms with Crippen LogP contribution >= 0.6 is 0 Å². The molecule has 0 saturated heterocycles. The first-order valence-corrected chi connectivity index (χ1v) is 20.0. The SMILES string of the molecule is C=C1/C=C\C(c2cc(-c3ccccc3)nc(-c3cccc(-c4c5ccccc5c(/C=C/C=C\C=C/C)c5ccccc45)c3)n2)=C/Cc2cnccc2N1c1ccccc1. The van der Waals surface area contributed by atoms with E-state index in [1.54, 1.807) is 0 Å². The van der Waals surface area contributed by atoms with E-state index in [0.717, 1.165) is 56.3 Å². The molecule has 3 heterocycles. The van der Waals surface area contributed by atoms with Gasteiger partial charge in [0.05, 0.1) is 17.1 Å². The number of fused-ring (bicyclic) bond motifs is 3. The molecule has 4 heteroatoms. The molecule has 8 aromatic rings. The Morgan fingerprint density at radius 3 is 1.98 bits per heavy atom.